The Morgan fingerprint density at radius 2 is 1.89 bits per heavy atom. The number of pyridine rings is 1. The molecule has 1 aromatic heterocycles. The molecule has 1 heterocycles. The third-order valence-corrected chi connectivity index (χ3v) is 3.84. The zero-order valence-electron chi connectivity index (χ0n) is 10.1. The van der Waals surface area contributed by atoms with Crippen molar-refractivity contribution in [2.24, 2.45) is 0 Å². The number of nitrogens with zero attached hydrogens (tertiary/aromatic N) is 1. The SMILES string of the molecule is OC(c1cccc(I)c1)c1cccc2cnccc12. The van der Waals surface area contributed by atoms with Crippen LogP contribution in [0.3, 0.4) is 0 Å². The molecule has 2 nitrogen and oxygen atoms in total. The van der Waals surface area contributed by atoms with E-state index < -0.39 is 6.10 Å². The number of aromatic nitrogens is 1. The lowest BCUT2D eigenvalue weighted by atomic mass is 9.97. The van der Waals surface area contributed by atoms with E-state index in [1.807, 2.05) is 54.7 Å². The van der Waals surface area contributed by atoms with Crippen molar-refractivity contribution in [3.05, 3.63) is 75.6 Å². The molecule has 0 saturated carbocycles. The zero-order chi connectivity index (χ0) is 13.2. The second-order valence-corrected chi connectivity index (χ2v) is 5.65. The topological polar surface area (TPSA) is 33.1 Å². The number of aliphatic hydroxyl groups excluding tert-OH is 1. The molecule has 0 spiro atoms. The molecule has 1 atom stereocenters. The molecular formula is C16H12INO. The van der Waals surface area contributed by atoms with Crippen LogP contribution in [-0.2, 0) is 0 Å². The van der Waals surface area contributed by atoms with Gasteiger partial charge >= 0.3 is 0 Å². The lowest BCUT2D eigenvalue weighted by molar-refractivity contribution is 0.222. The maximum atomic E-state index is 10.6. The number of benzene rings is 2. The molecule has 1 N–H and O–H groups in total. The maximum Gasteiger partial charge on any atom is 0.105 e. The van der Waals surface area contributed by atoms with Crippen LogP contribution in [0.15, 0.2) is 60.9 Å². The van der Waals surface area contributed by atoms with Gasteiger partial charge in [0.15, 0.2) is 0 Å². The monoisotopic (exact) mass is 361 g/mol. The lowest BCUT2D eigenvalue weighted by Gasteiger charge is -2.14. The molecule has 2 aromatic carbocycles. The Morgan fingerprint density at radius 1 is 1.05 bits per heavy atom. The van der Waals surface area contributed by atoms with E-state index in [1.165, 1.54) is 0 Å². The fraction of sp³-hybridized carbons (Fsp3) is 0.0625. The van der Waals surface area contributed by atoms with Crippen molar-refractivity contribution >= 4 is 33.4 Å². The molecule has 0 radical (unpaired) electrons. The first-order valence-electron chi connectivity index (χ1n) is 6.02. The molecule has 94 valence electrons. The van der Waals surface area contributed by atoms with Crippen molar-refractivity contribution in [3.8, 4) is 0 Å². The molecule has 0 amide bonds. The Hall–Kier alpha value is -1.46. The van der Waals surface area contributed by atoms with Gasteiger partial charge in [0, 0.05) is 21.4 Å². The van der Waals surface area contributed by atoms with Gasteiger partial charge in [-0.2, -0.15) is 0 Å². The van der Waals surface area contributed by atoms with E-state index in [-0.39, 0.29) is 0 Å². The van der Waals surface area contributed by atoms with E-state index in [1.54, 1.807) is 6.20 Å². The summed E-state index contributed by atoms with van der Waals surface area (Å²) in [6, 6.07) is 15.8. The predicted octanol–water partition coefficient (Wildman–Crippen LogP) is 3.92. The van der Waals surface area contributed by atoms with Gasteiger partial charge in [0.2, 0.25) is 0 Å². The molecule has 0 aliphatic heterocycles. The van der Waals surface area contributed by atoms with Crippen molar-refractivity contribution in [2.75, 3.05) is 0 Å². The summed E-state index contributed by atoms with van der Waals surface area (Å²) in [6.07, 6.45) is 2.97. The highest BCUT2D eigenvalue weighted by atomic mass is 127. The third-order valence-electron chi connectivity index (χ3n) is 3.17. The normalized spacial score (nSPS) is 12.5. The van der Waals surface area contributed by atoms with Crippen LogP contribution in [0.5, 0.6) is 0 Å². The Morgan fingerprint density at radius 3 is 2.74 bits per heavy atom. The van der Waals surface area contributed by atoms with Gasteiger partial charge in [-0.05, 0) is 57.3 Å². The van der Waals surface area contributed by atoms with Gasteiger partial charge in [-0.25, -0.2) is 0 Å². The number of rotatable bonds is 2. The van der Waals surface area contributed by atoms with E-state index in [0.29, 0.717) is 0 Å². The number of hydrogen-bond donors (Lipinski definition) is 1. The third kappa shape index (κ3) is 2.48. The van der Waals surface area contributed by atoms with E-state index in [2.05, 4.69) is 27.6 Å². The first kappa shape index (κ1) is 12.6. The van der Waals surface area contributed by atoms with Crippen LogP contribution in [0.2, 0.25) is 0 Å². The molecule has 3 aromatic rings. The Balaban J connectivity index is 2.14. The minimum Gasteiger partial charge on any atom is -0.384 e. The summed E-state index contributed by atoms with van der Waals surface area (Å²) < 4.78 is 1.12. The van der Waals surface area contributed by atoms with E-state index >= 15 is 0 Å². The summed E-state index contributed by atoms with van der Waals surface area (Å²) in [4.78, 5) is 4.12. The smallest absolute Gasteiger partial charge is 0.105 e. The standard InChI is InChI=1S/C16H12INO/c17-13-5-1-3-11(9-13)16(19)15-6-2-4-12-10-18-8-7-14(12)15/h1-10,16,19H. The number of hydrogen-bond acceptors (Lipinski definition) is 2. The van der Waals surface area contributed by atoms with Crippen LogP contribution in [0.1, 0.15) is 17.2 Å². The van der Waals surface area contributed by atoms with Gasteiger partial charge in [0.05, 0.1) is 0 Å². The second kappa shape index (κ2) is 5.27. The average Bonchev–Trinajstić information content (AvgIpc) is 2.46. The van der Waals surface area contributed by atoms with E-state index in [4.69, 9.17) is 0 Å². The summed E-state index contributed by atoms with van der Waals surface area (Å²) >= 11 is 2.26. The minimum atomic E-state index is -0.610. The molecule has 0 bridgehead atoms. The van der Waals surface area contributed by atoms with Crippen LogP contribution in [0.4, 0.5) is 0 Å². The van der Waals surface area contributed by atoms with Gasteiger partial charge in [-0.15, -0.1) is 0 Å². The molecule has 3 heteroatoms. The quantitative estimate of drug-likeness (QED) is 0.702. The first-order chi connectivity index (χ1) is 9.25. The summed E-state index contributed by atoms with van der Waals surface area (Å²) in [6.45, 7) is 0. The molecule has 0 saturated heterocycles. The predicted molar refractivity (Wildman–Crippen MR) is 85.0 cm³/mol. The van der Waals surface area contributed by atoms with Gasteiger partial charge in [-0.1, -0.05) is 30.3 Å². The Labute approximate surface area is 125 Å². The zero-order valence-corrected chi connectivity index (χ0v) is 12.3. The van der Waals surface area contributed by atoms with Crippen molar-refractivity contribution < 1.29 is 5.11 Å². The Kier molecular flexibility index (Phi) is 3.48. The van der Waals surface area contributed by atoms with Crippen LogP contribution in [0.25, 0.3) is 10.8 Å². The highest BCUT2D eigenvalue weighted by molar-refractivity contribution is 14.1. The van der Waals surface area contributed by atoms with Gasteiger partial charge in [-0.3, -0.25) is 4.98 Å². The molecule has 19 heavy (non-hydrogen) atoms. The fourth-order valence-electron chi connectivity index (χ4n) is 2.24. The molecule has 0 aliphatic carbocycles. The van der Waals surface area contributed by atoms with E-state index in [9.17, 15) is 5.11 Å². The maximum absolute atomic E-state index is 10.6. The van der Waals surface area contributed by atoms with Crippen LogP contribution in [-0.4, -0.2) is 10.1 Å². The van der Waals surface area contributed by atoms with Crippen molar-refractivity contribution in [1.82, 2.24) is 4.98 Å². The van der Waals surface area contributed by atoms with Crippen molar-refractivity contribution in [2.45, 2.75) is 6.10 Å². The fourth-order valence-corrected chi connectivity index (χ4v) is 2.81. The summed E-state index contributed by atoms with van der Waals surface area (Å²) in [5, 5.41) is 12.7. The van der Waals surface area contributed by atoms with Crippen LogP contribution >= 0.6 is 22.6 Å². The molecule has 0 fully saturated rings. The van der Waals surface area contributed by atoms with Crippen LogP contribution < -0.4 is 0 Å². The highest BCUT2D eigenvalue weighted by Crippen LogP contribution is 2.28. The summed E-state index contributed by atoms with van der Waals surface area (Å²) in [5.74, 6) is 0. The largest absolute Gasteiger partial charge is 0.384 e. The lowest BCUT2D eigenvalue weighted by Crippen LogP contribution is -2.00. The number of aliphatic hydroxyl groups is 1. The summed E-state index contributed by atoms with van der Waals surface area (Å²) in [7, 11) is 0. The van der Waals surface area contributed by atoms with Gasteiger partial charge in [0.1, 0.15) is 6.10 Å². The average molecular weight is 361 g/mol. The molecule has 3 rings (SSSR count). The second-order valence-electron chi connectivity index (χ2n) is 4.40. The molecule has 0 aliphatic rings. The Bertz CT molecular complexity index is 721. The van der Waals surface area contributed by atoms with E-state index in [0.717, 1.165) is 25.5 Å². The van der Waals surface area contributed by atoms with Crippen LogP contribution in [0, 0.1) is 3.57 Å². The number of halogens is 1. The first-order valence-corrected chi connectivity index (χ1v) is 7.10. The highest BCUT2D eigenvalue weighted by Gasteiger charge is 2.13. The van der Waals surface area contributed by atoms with Crippen molar-refractivity contribution in [3.63, 3.8) is 0 Å². The van der Waals surface area contributed by atoms with Gasteiger partial charge < -0.3 is 5.11 Å². The van der Waals surface area contributed by atoms with Crippen molar-refractivity contribution in [1.29, 1.82) is 0 Å². The summed E-state index contributed by atoms with van der Waals surface area (Å²) in [5.41, 5.74) is 1.83. The molecular weight excluding hydrogens is 349 g/mol. The van der Waals surface area contributed by atoms with Gasteiger partial charge in [0.25, 0.3) is 0 Å². The number of fused-ring (bicyclic) bond motifs is 1. The minimum absolute atomic E-state index is 0.610. The molecule has 1 unspecified atom stereocenters.